The van der Waals surface area contributed by atoms with E-state index in [4.69, 9.17) is 5.73 Å². The highest BCUT2D eigenvalue weighted by Gasteiger charge is 2.47. The van der Waals surface area contributed by atoms with E-state index in [2.05, 4.69) is 42.4 Å². The number of guanidine groups is 1. The molecular formula is C15H22IN3. The van der Waals surface area contributed by atoms with Crippen molar-refractivity contribution in [2.45, 2.75) is 39.2 Å². The van der Waals surface area contributed by atoms with Gasteiger partial charge in [-0.25, -0.2) is 4.99 Å². The van der Waals surface area contributed by atoms with Crippen molar-refractivity contribution in [1.82, 2.24) is 0 Å². The Hall–Kier alpha value is -0.780. The molecule has 3 N–H and O–H groups in total. The van der Waals surface area contributed by atoms with Crippen molar-refractivity contribution in [3.63, 3.8) is 0 Å². The van der Waals surface area contributed by atoms with Crippen LogP contribution in [-0.4, -0.2) is 12.0 Å². The van der Waals surface area contributed by atoms with Crippen LogP contribution < -0.4 is 11.1 Å². The van der Waals surface area contributed by atoms with Crippen LogP contribution in [-0.2, 0) is 0 Å². The summed E-state index contributed by atoms with van der Waals surface area (Å²) in [6.07, 6.45) is 4.04. The summed E-state index contributed by atoms with van der Waals surface area (Å²) in [6.45, 7) is 4.19. The Kier molecular flexibility index (Phi) is 4.38. The van der Waals surface area contributed by atoms with Crippen LogP contribution >= 0.6 is 24.0 Å². The van der Waals surface area contributed by atoms with Crippen LogP contribution in [0.3, 0.4) is 0 Å². The van der Waals surface area contributed by atoms with Gasteiger partial charge in [0.25, 0.3) is 0 Å². The predicted octanol–water partition coefficient (Wildman–Crippen LogP) is 3.45. The minimum atomic E-state index is 0. The summed E-state index contributed by atoms with van der Waals surface area (Å²) >= 11 is 0. The van der Waals surface area contributed by atoms with Crippen LogP contribution in [0.1, 0.15) is 30.4 Å². The molecule has 2 saturated carbocycles. The summed E-state index contributed by atoms with van der Waals surface area (Å²) in [5, 5.41) is 3.20. The maximum Gasteiger partial charge on any atom is 0.193 e. The zero-order valence-corrected chi connectivity index (χ0v) is 13.8. The number of halogens is 1. The normalized spacial score (nSPS) is 25.7. The monoisotopic (exact) mass is 371 g/mol. The van der Waals surface area contributed by atoms with E-state index in [1.807, 2.05) is 0 Å². The van der Waals surface area contributed by atoms with Crippen molar-refractivity contribution < 1.29 is 0 Å². The summed E-state index contributed by atoms with van der Waals surface area (Å²) in [7, 11) is 0. The van der Waals surface area contributed by atoms with Crippen LogP contribution in [0.5, 0.6) is 0 Å². The molecule has 0 radical (unpaired) electrons. The van der Waals surface area contributed by atoms with Gasteiger partial charge in [-0.05, 0) is 68.2 Å². The molecule has 2 atom stereocenters. The number of aliphatic imine (C=N–C) groups is 1. The molecule has 3 rings (SSSR count). The number of nitrogens with one attached hydrogen (secondary N) is 1. The van der Waals surface area contributed by atoms with Crippen molar-refractivity contribution in [2.75, 3.05) is 5.32 Å². The van der Waals surface area contributed by atoms with Gasteiger partial charge >= 0.3 is 0 Å². The lowest BCUT2D eigenvalue weighted by atomic mass is 10.1. The van der Waals surface area contributed by atoms with Gasteiger partial charge in [-0.3, -0.25) is 0 Å². The van der Waals surface area contributed by atoms with Crippen LogP contribution in [0, 0.1) is 25.7 Å². The number of rotatable bonds is 3. The molecule has 0 bridgehead atoms. The second kappa shape index (κ2) is 5.69. The second-order valence-electron chi connectivity index (χ2n) is 5.82. The fourth-order valence-electron chi connectivity index (χ4n) is 2.79. The molecule has 3 nitrogen and oxygen atoms in total. The number of hydrogen-bond donors (Lipinski definition) is 2. The maximum atomic E-state index is 5.97. The summed E-state index contributed by atoms with van der Waals surface area (Å²) in [4.78, 5) is 4.57. The molecule has 0 aromatic heterocycles. The molecule has 2 aliphatic rings. The van der Waals surface area contributed by atoms with E-state index in [1.165, 1.54) is 30.4 Å². The second-order valence-corrected chi connectivity index (χ2v) is 5.82. The topological polar surface area (TPSA) is 50.4 Å². The highest BCUT2D eigenvalue weighted by molar-refractivity contribution is 14.0. The summed E-state index contributed by atoms with van der Waals surface area (Å²) in [5.74, 6) is 2.34. The third-order valence-electron chi connectivity index (χ3n) is 3.83. The first-order valence-electron chi connectivity index (χ1n) is 6.80. The third kappa shape index (κ3) is 3.84. The zero-order chi connectivity index (χ0) is 12.7. The van der Waals surface area contributed by atoms with Crippen molar-refractivity contribution in [3.8, 4) is 0 Å². The van der Waals surface area contributed by atoms with E-state index in [9.17, 15) is 0 Å². The van der Waals surface area contributed by atoms with Crippen molar-refractivity contribution in [1.29, 1.82) is 0 Å². The molecule has 0 saturated heterocycles. The molecule has 0 heterocycles. The standard InChI is InChI=1S/C15H21N3.HI/c1-9-5-10(2)7-12(6-9)17-15(16)18-14-8-13(14)11-3-4-11;/h5-7,11,13-14H,3-4,8H2,1-2H3,(H3,16,17,18);1H/t13-,14+;/m0./s1. The van der Waals surface area contributed by atoms with Crippen molar-refractivity contribution in [3.05, 3.63) is 29.3 Å². The fraction of sp³-hybridized carbons (Fsp3) is 0.533. The van der Waals surface area contributed by atoms with E-state index in [0.717, 1.165) is 17.5 Å². The molecule has 4 heteroatoms. The van der Waals surface area contributed by atoms with Crippen molar-refractivity contribution in [2.24, 2.45) is 22.6 Å². The van der Waals surface area contributed by atoms with Gasteiger partial charge in [0.15, 0.2) is 5.96 Å². The summed E-state index contributed by atoms with van der Waals surface area (Å²) in [5.41, 5.74) is 9.49. The quantitative estimate of drug-likeness (QED) is 0.486. The van der Waals surface area contributed by atoms with Crippen molar-refractivity contribution >= 4 is 35.6 Å². The summed E-state index contributed by atoms with van der Waals surface area (Å²) in [6, 6.07) is 6.83. The van der Waals surface area contributed by atoms with Gasteiger partial charge in [-0.2, -0.15) is 0 Å². The van der Waals surface area contributed by atoms with Crippen LogP contribution in [0.25, 0.3) is 0 Å². The molecular weight excluding hydrogens is 349 g/mol. The van der Waals surface area contributed by atoms with E-state index in [1.54, 1.807) is 0 Å². The number of benzene rings is 1. The minimum Gasteiger partial charge on any atom is -0.370 e. The molecule has 0 unspecified atom stereocenters. The molecule has 0 aliphatic heterocycles. The lowest BCUT2D eigenvalue weighted by Gasteiger charge is -2.07. The van der Waals surface area contributed by atoms with Gasteiger partial charge in [0.05, 0.1) is 6.04 Å². The predicted molar refractivity (Wildman–Crippen MR) is 91.2 cm³/mol. The molecule has 19 heavy (non-hydrogen) atoms. The number of nitrogens with zero attached hydrogens (tertiary/aromatic N) is 1. The minimum absolute atomic E-state index is 0. The van der Waals surface area contributed by atoms with Gasteiger partial charge < -0.3 is 11.1 Å². The lowest BCUT2D eigenvalue weighted by Crippen LogP contribution is -2.23. The Labute approximate surface area is 132 Å². The first-order valence-corrected chi connectivity index (χ1v) is 6.80. The Balaban J connectivity index is 0.00000133. The Morgan fingerprint density at radius 1 is 1.21 bits per heavy atom. The van der Waals surface area contributed by atoms with Crippen LogP contribution in [0.15, 0.2) is 23.2 Å². The number of aryl methyl sites for hydroxylation is 2. The first-order chi connectivity index (χ1) is 8.61. The smallest absolute Gasteiger partial charge is 0.193 e. The highest BCUT2D eigenvalue weighted by Crippen LogP contribution is 2.51. The Bertz CT molecular complexity index is 474. The molecule has 0 spiro atoms. The van der Waals surface area contributed by atoms with Gasteiger partial charge in [0, 0.05) is 5.69 Å². The average molecular weight is 371 g/mol. The Morgan fingerprint density at radius 2 is 1.84 bits per heavy atom. The molecule has 0 amide bonds. The van der Waals surface area contributed by atoms with Crippen LogP contribution in [0.4, 0.5) is 5.69 Å². The average Bonchev–Trinajstić information content (AvgIpc) is 3.08. The van der Waals surface area contributed by atoms with Crippen LogP contribution in [0.2, 0.25) is 0 Å². The summed E-state index contributed by atoms with van der Waals surface area (Å²) < 4.78 is 0. The number of nitrogens with two attached hydrogens (primary N) is 1. The fourth-order valence-corrected chi connectivity index (χ4v) is 2.79. The Morgan fingerprint density at radius 3 is 2.42 bits per heavy atom. The van der Waals surface area contributed by atoms with Gasteiger partial charge in [0.1, 0.15) is 0 Å². The highest BCUT2D eigenvalue weighted by atomic mass is 127. The molecule has 104 valence electrons. The SMILES string of the molecule is Cc1cc(C)cc(NC(N)=N[C@@H]2C[C@H]2C2CC2)c1.I. The van der Waals surface area contributed by atoms with E-state index in [-0.39, 0.29) is 24.0 Å². The molecule has 2 aliphatic carbocycles. The third-order valence-corrected chi connectivity index (χ3v) is 3.83. The number of anilines is 1. The van der Waals surface area contributed by atoms with Gasteiger partial charge in [-0.15, -0.1) is 24.0 Å². The maximum absolute atomic E-state index is 5.97. The van der Waals surface area contributed by atoms with Gasteiger partial charge in [-0.1, -0.05) is 6.07 Å². The first kappa shape index (κ1) is 14.6. The zero-order valence-electron chi connectivity index (χ0n) is 11.5. The van der Waals surface area contributed by atoms with E-state index < -0.39 is 0 Å². The molecule has 1 aromatic carbocycles. The van der Waals surface area contributed by atoms with E-state index in [0.29, 0.717) is 12.0 Å². The van der Waals surface area contributed by atoms with Gasteiger partial charge in [0.2, 0.25) is 0 Å². The number of hydrogen-bond acceptors (Lipinski definition) is 1. The largest absolute Gasteiger partial charge is 0.370 e. The molecule has 2 fully saturated rings. The van der Waals surface area contributed by atoms with E-state index >= 15 is 0 Å². The molecule has 1 aromatic rings. The lowest BCUT2D eigenvalue weighted by molar-refractivity contribution is 0.686.